The zero-order chi connectivity index (χ0) is 33.9. The van der Waals surface area contributed by atoms with Crippen LogP contribution < -0.4 is 24.3 Å². The van der Waals surface area contributed by atoms with Crippen LogP contribution in [-0.4, -0.2) is 54.1 Å². The van der Waals surface area contributed by atoms with Gasteiger partial charge in [0.2, 0.25) is 11.8 Å². The summed E-state index contributed by atoms with van der Waals surface area (Å²) in [5.74, 6) is 0.875. The number of aryl methyl sites for hydroxylation is 2. The SMILES string of the molecule is CNC(=O)CCCc1cc(OS(=O)(=O)C(F)(F)F)cc2ccc(OC)cc12.CNC(=O)CCCc1cccc2ccc(OC)cc12. The van der Waals surface area contributed by atoms with Crippen LogP contribution in [0.5, 0.6) is 17.2 Å². The summed E-state index contributed by atoms with van der Waals surface area (Å²) in [5.41, 5.74) is -3.72. The number of ether oxygens (including phenoxy) is 2. The third-order valence-electron chi connectivity index (χ3n) is 7.15. The van der Waals surface area contributed by atoms with Gasteiger partial charge in [0.25, 0.3) is 0 Å². The van der Waals surface area contributed by atoms with Gasteiger partial charge in [-0.15, -0.1) is 0 Å². The predicted molar refractivity (Wildman–Crippen MR) is 171 cm³/mol. The van der Waals surface area contributed by atoms with Gasteiger partial charge >= 0.3 is 15.6 Å². The highest BCUT2D eigenvalue weighted by Crippen LogP contribution is 2.33. The first kappa shape index (κ1) is 36.0. The number of amides is 2. The van der Waals surface area contributed by atoms with Crippen molar-refractivity contribution in [3.05, 3.63) is 77.9 Å². The van der Waals surface area contributed by atoms with Gasteiger partial charge in [-0.25, -0.2) is 0 Å². The molecule has 0 atom stereocenters. The van der Waals surface area contributed by atoms with Crippen LogP contribution in [0.2, 0.25) is 0 Å². The second-order valence-electron chi connectivity index (χ2n) is 10.2. The van der Waals surface area contributed by atoms with E-state index in [9.17, 15) is 31.2 Å². The summed E-state index contributed by atoms with van der Waals surface area (Å²) in [5, 5.41) is 8.70. The smallest absolute Gasteiger partial charge is 0.497 e. The van der Waals surface area contributed by atoms with Crippen LogP contribution in [0.3, 0.4) is 0 Å². The van der Waals surface area contributed by atoms with Crippen molar-refractivity contribution in [2.24, 2.45) is 0 Å². The van der Waals surface area contributed by atoms with E-state index in [0.29, 0.717) is 41.3 Å². The Hall–Kier alpha value is -4.52. The summed E-state index contributed by atoms with van der Waals surface area (Å²) in [7, 11) is 0.543. The van der Waals surface area contributed by atoms with Crippen molar-refractivity contribution in [3.63, 3.8) is 0 Å². The quantitative estimate of drug-likeness (QED) is 0.140. The summed E-state index contributed by atoms with van der Waals surface area (Å²) in [6.07, 6.45) is 3.29. The summed E-state index contributed by atoms with van der Waals surface area (Å²) >= 11 is 0. The van der Waals surface area contributed by atoms with Crippen LogP contribution in [0.1, 0.15) is 36.8 Å². The van der Waals surface area contributed by atoms with E-state index in [1.807, 2.05) is 6.07 Å². The van der Waals surface area contributed by atoms with E-state index in [2.05, 4.69) is 45.1 Å². The van der Waals surface area contributed by atoms with Gasteiger partial charge in [-0.3, -0.25) is 9.59 Å². The summed E-state index contributed by atoms with van der Waals surface area (Å²) in [6, 6.07) is 19.7. The molecule has 4 aromatic rings. The Labute approximate surface area is 266 Å². The number of hydrogen-bond donors (Lipinski definition) is 2. The standard InChI is InChI=1S/C17H18F3NO5S.C16H19NO2/c1-21-16(22)5-3-4-11-8-14(26-27(23,24)17(18,19)20)9-12-6-7-13(25-2)10-15(11)12;1-17-16(18)8-4-7-12-5-3-6-13-9-10-14(19-2)11-15(12)13/h6-10H,3-5H2,1-2H3,(H,21,22);3,5-6,9-11H,4,7-8H2,1-2H3,(H,17,18). The molecule has 0 unspecified atom stereocenters. The lowest BCUT2D eigenvalue weighted by molar-refractivity contribution is -0.121. The molecule has 0 spiro atoms. The molecule has 2 amide bonds. The monoisotopic (exact) mass is 662 g/mol. The van der Waals surface area contributed by atoms with E-state index >= 15 is 0 Å². The van der Waals surface area contributed by atoms with E-state index in [4.69, 9.17) is 9.47 Å². The molecule has 4 aromatic carbocycles. The van der Waals surface area contributed by atoms with Crippen molar-refractivity contribution in [1.82, 2.24) is 10.6 Å². The fraction of sp³-hybridized carbons (Fsp3) is 0.333. The van der Waals surface area contributed by atoms with Crippen molar-refractivity contribution in [1.29, 1.82) is 0 Å². The fourth-order valence-electron chi connectivity index (χ4n) is 4.73. The Bertz CT molecular complexity index is 1780. The molecule has 0 aliphatic carbocycles. The topological polar surface area (TPSA) is 120 Å². The molecule has 0 fully saturated rings. The molecule has 0 bridgehead atoms. The Morgan fingerprint density at radius 1 is 0.696 bits per heavy atom. The highest BCUT2D eigenvalue weighted by atomic mass is 32.2. The first-order valence-electron chi connectivity index (χ1n) is 14.4. The molecule has 46 heavy (non-hydrogen) atoms. The van der Waals surface area contributed by atoms with Crippen LogP contribution in [0.25, 0.3) is 21.5 Å². The van der Waals surface area contributed by atoms with Gasteiger partial charge in [-0.2, -0.15) is 21.6 Å². The lowest BCUT2D eigenvalue weighted by Crippen LogP contribution is -2.28. The number of halogens is 3. The molecule has 0 radical (unpaired) electrons. The van der Waals surface area contributed by atoms with E-state index in [1.165, 1.54) is 42.6 Å². The van der Waals surface area contributed by atoms with Crippen LogP contribution in [-0.2, 0) is 32.5 Å². The van der Waals surface area contributed by atoms with Crippen molar-refractivity contribution >= 4 is 43.5 Å². The maximum absolute atomic E-state index is 12.6. The average Bonchev–Trinajstić information content (AvgIpc) is 3.03. The number of methoxy groups -OCH3 is 2. The minimum atomic E-state index is -5.78. The van der Waals surface area contributed by atoms with Gasteiger partial charge < -0.3 is 24.3 Å². The molecule has 0 aliphatic heterocycles. The van der Waals surface area contributed by atoms with Crippen molar-refractivity contribution < 1.29 is 44.8 Å². The minimum Gasteiger partial charge on any atom is -0.497 e. The molecule has 0 saturated carbocycles. The molecule has 0 aliphatic rings. The lowest BCUT2D eigenvalue weighted by Gasteiger charge is -2.13. The average molecular weight is 663 g/mol. The molecule has 13 heteroatoms. The second-order valence-corrected chi connectivity index (χ2v) is 11.7. The molecule has 9 nitrogen and oxygen atoms in total. The number of rotatable bonds is 12. The van der Waals surface area contributed by atoms with E-state index in [0.717, 1.165) is 18.6 Å². The zero-order valence-corrected chi connectivity index (χ0v) is 26.8. The number of carbonyl (C=O) groups is 2. The highest BCUT2D eigenvalue weighted by molar-refractivity contribution is 7.88. The van der Waals surface area contributed by atoms with Crippen LogP contribution in [0, 0.1) is 0 Å². The maximum atomic E-state index is 12.6. The molecule has 0 heterocycles. The Balaban J connectivity index is 0.000000266. The molecule has 248 valence electrons. The first-order valence-corrected chi connectivity index (χ1v) is 15.8. The number of alkyl halides is 3. The van der Waals surface area contributed by atoms with Gasteiger partial charge in [0, 0.05) is 26.9 Å². The van der Waals surface area contributed by atoms with E-state index in [1.54, 1.807) is 32.4 Å². The summed E-state index contributed by atoms with van der Waals surface area (Å²) < 4.78 is 75.0. The predicted octanol–water partition coefficient (Wildman–Crippen LogP) is 6.06. The number of fused-ring (bicyclic) bond motifs is 2. The third-order valence-corrected chi connectivity index (χ3v) is 8.13. The summed E-state index contributed by atoms with van der Waals surface area (Å²) in [4.78, 5) is 22.6. The van der Waals surface area contributed by atoms with Gasteiger partial charge in [-0.1, -0.05) is 30.3 Å². The highest BCUT2D eigenvalue weighted by Gasteiger charge is 2.48. The van der Waals surface area contributed by atoms with Crippen molar-refractivity contribution in [2.45, 2.75) is 44.0 Å². The van der Waals surface area contributed by atoms with Crippen molar-refractivity contribution in [2.75, 3.05) is 28.3 Å². The van der Waals surface area contributed by atoms with Crippen LogP contribution >= 0.6 is 0 Å². The maximum Gasteiger partial charge on any atom is 0.534 e. The van der Waals surface area contributed by atoms with Gasteiger partial charge in [-0.05, 0) is 94.8 Å². The number of nitrogens with one attached hydrogen (secondary N) is 2. The molecular weight excluding hydrogens is 625 g/mol. The molecule has 0 saturated heterocycles. The van der Waals surface area contributed by atoms with E-state index in [-0.39, 0.29) is 18.2 Å². The Morgan fingerprint density at radius 2 is 1.22 bits per heavy atom. The normalized spacial score (nSPS) is 11.4. The van der Waals surface area contributed by atoms with Gasteiger partial charge in [0.1, 0.15) is 17.2 Å². The van der Waals surface area contributed by atoms with Gasteiger partial charge in [0.05, 0.1) is 14.2 Å². The largest absolute Gasteiger partial charge is 0.534 e. The third kappa shape index (κ3) is 9.74. The van der Waals surface area contributed by atoms with Crippen LogP contribution in [0.4, 0.5) is 13.2 Å². The number of benzene rings is 4. The minimum absolute atomic E-state index is 0.0952. The fourth-order valence-corrected chi connectivity index (χ4v) is 5.17. The molecule has 4 rings (SSSR count). The Kier molecular flexibility index (Phi) is 12.6. The number of carbonyl (C=O) groups excluding carboxylic acids is 2. The first-order chi connectivity index (χ1) is 21.8. The zero-order valence-electron chi connectivity index (χ0n) is 26.0. The molecule has 0 aromatic heterocycles. The lowest BCUT2D eigenvalue weighted by atomic mass is 9.99. The van der Waals surface area contributed by atoms with E-state index < -0.39 is 21.4 Å². The molecule has 2 N–H and O–H groups in total. The Morgan fingerprint density at radius 3 is 1.74 bits per heavy atom. The van der Waals surface area contributed by atoms with Crippen molar-refractivity contribution in [3.8, 4) is 17.2 Å². The van der Waals surface area contributed by atoms with Crippen LogP contribution in [0.15, 0.2) is 66.7 Å². The second kappa shape index (κ2) is 16.2. The summed E-state index contributed by atoms with van der Waals surface area (Å²) in [6.45, 7) is 0. The number of hydrogen-bond acceptors (Lipinski definition) is 7. The van der Waals surface area contributed by atoms with Gasteiger partial charge in [0.15, 0.2) is 0 Å². The molecular formula is C33H37F3N2O7S.